The summed E-state index contributed by atoms with van der Waals surface area (Å²) in [6.07, 6.45) is 2.22. The Labute approximate surface area is 244 Å². The van der Waals surface area contributed by atoms with Crippen molar-refractivity contribution in [2.45, 2.75) is 53.6 Å². The molecular weight excluding hydrogens is 533 g/mol. The summed E-state index contributed by atoms with van der Waals surface area (Å²) in [5.74, 6) is -0.825. The van der Waals surface area contributed by atoms with Crippen LogP contribution in [0.3, 0.4) is 0 Å². The predicted molar refractivity (Wildman–Crippen MR) is 163 cm³/mol. The van der Waals surface area contributed by atoms with Crippen LogP contribution in [0.4, 0.5) is 4.39 Å². The second kappa shape index (κ2) is 10.8. The summed E-state index contributed by atoms with van der Waals surface area (Å²) in [4.78, 5) is 25.7. The SMILES string of the molecule is CCOC(=O)c1ccc(-c2c(CC(C)(C)OC)n(-c3ccc(F)cc3)c3cc4cnn(C(=O)C(C)(C)C)c4cc23)cc1. The van der Waals surface area contributed by atoms with Gasteiger partial charge >= 0.3 is 5.97 Å². The van der Waals surface area contributed by atoms with Crippen LogP contribution in [-0.4, -0.2) is 45.5 Å². The van der Waals surface area contributed by atoms with Crippen LogP contribution < -0.4 is 0 Å². The van der Waals surface area contributed by atoms with Gasteiger partial charge in [0.05, 0.1) is 35.0 Å². The summed E-state index contributed by atoms with van der Waals surface area (Å²) >= 11 is 0. The monoisotopic (exact) mass is 569 g/mol. The van der Waals surface area contributed by atoms with E-state index in [1.165, 1.54) is 16.8 Å². The molecule has 0 saturated carbocycles. The van der Waals surface area contributed by atoms with Gasteiger partial charge in [-0.2, -0.15) is 9.78 Å². The average molecular weight is 570 g/mol. The summed E-state index contributed by atoms with van der Waals surface area (Å²) in [6.45, 7) is 11.7. The third kappa shape index (κ3) is 5.34. The summed E-state index contributed by atoms with van der Waals surface area (Å²) in [7, 11) is 1.68. The molecule has 0 aliphatic carbocycles. The van der Waals surface area contributed by atoms with E-state index in [1.54, 1.807) is 44.5 Å². The normalized spacial score (nSPS) is 12.3. The Balaban J connectivity index is 1.87. The molecule has 7 nitrogen and oxygen atoms in total. The van der Waals surface area contributed by atoms with Gasteiger partial charge in [0.25, 0.3) is 5.91 Å². The van der Waals surface area contributed by atoms with Gasteiger partial charge in [-0.15, -0.1) is 0 Å². The van der Waals surface area contributed by atoms with E-state index in [9.17, 15) is 14.0 Å². The molecule has 2 aromatic heterocycles. The van der Waals surface area contributed by atoms with Crippen molar-refractivity contribution in [3.8, 4) is 16.8 Å². The van der Waals surface area contributed by atoms with Crippen molar-refractivity contribution in [3.05, 3.63) is 83.9 Å². The van der Waals surface area contributed by atoms with E-state index in [0.717, 1.165) is 38.8 Å². The Morgan fingerprint density at radius 2 is 1.60 bits per heavy atom. The number of aromatic nitrogens is 3. The zero-order valence-electron chi connectivity index (χ0n) is 25.1. The molecule has 0 amide bonds. The highest BCUT2D eigenvalue weighted by Gasteiger charge is 2.29. The van der Waals surface area contributed by atoms with Crippen LogP contribution in [0.2, 0.25) is 0 Å². The summed E-state index contributed by atoms with van der Waals surface area (Å²) in [5.41, 5.74) is 4.40. The van der Waals surface area contributed by atoms with Crippen LogP contribution in [0.5, 0.6) is 0 Å². The van der Waals surface area contributed by atoms with Crippen molar-refractivity contribution in [1.29, 1.82) is 0 Å². The lowest BCUT2D eigenvalue weighted by Gasteiger charge is -2.25. The predicted octanol–water partition coefficient (Wildman–Crippen LogP) is 7.62. The van der Waals surface area contributed by atoms with Gasteiger partial charge in [-0.3, -0.25) is 4.79 Å². The number of hydrogen-bond donors (Lipinski definition) is 0. The maximum Gasteiger partial charge on any atom is 0.338 e. The molecule has 5 aromatic rings. The topological polar surface area (TPSA) is 75.3 Å². The first-order chi connectivity index (χ1) is 19.8. The molecule has 0 N–H and O–H groups in total. The minimum absolute atomic E-state index is 0.115. The molecule has 3 aromatic carbocycles. The van der Waals surface area contributed by atoms with E-state index in [-0.39, 0.29) is 17.7 Å². The molecule has 0 fully saturated rings. The Morgan fingerprint density at radius 3 is 2.19 bits per heavy atom. The maximum atomic E-state index is 14.0. The summed E-state index contributed by atoms with van der Waals surface area (Å²) in [6, 6.07) is 17.7. The number of halogens is 1. The fraction of sp³-hybridized carbons (Fsp3) is 0.324. The first kappa shape index (κ1) is 29.2. The van der Waals surface area contributed by atoms with Crippen molar-refractivity contribution < 1.29 is 23.5 Å². The molecule has 0 aliphatic rings. The van der Waals surface area contributed by atoms with Crippen LogP contribution in [-0.2, 0) is 15.9 Å². The molecule has 5 rings (SSSR count). The van der Waals surface area contributed by atoms with Crippen LogP contribution >= 0.6 is 0 Å². The van der Waals surface area contributed by atoms with Gasteiger partial charge in [0.2, 0.25) is 0 Å². The fourth-order valence-electron chi connectivity index (χ4n) is 5.18. The third-order valence-corrected chi connectivity index (χ3v) is 7.50. The molecule has 42 heavy (non-hydrogen) atoms. The van der Waals surface area contributed by atoms with Gasteiger partial charge < -0.3 is 14.0 Å². The Morgan fingerprint density at radius 1 is 0.929 bits per heavy atom. The first-order valence-electron chi connectivity index (χ1n) is 14.0. The maximum absolute atomic E-state index is 14.0. The van der Waals surface area contributed by atoms with Gasteiger partial charge in [-0.25, -0.2) is 9.18 Å². The second-order valence-electron chi connectivity index (χ2n) is 12.1. The number of esters is 1. The Kier molecular flexibility index (Phi) is 7.53. The molecule has 0 unspecified atom stereocenters. The second-order valence-corrected chi connectivity index (χ2v) is 12.1. The lowest BCUT2D eigenvalue weighted by atomic mass is 9.94. The molecule has 0 spiro atoms. The van der Waals surface area contributed by atoms with E-state index >= 15 is 0 Å². The number of methoxy groups -OCH3 is 1. The van der Waals surface area contributed by atoms with E-state index < -0.39 is 11.0 Å². The number of ether oxygens (including phenoxy) is 2. The molecule has 2 heterocycles. The standard InChI is InChI=1S/C34H36FN3O4/c1-8-42-31(39)22-11-9-21(10-12-22)30-26-18-27-23(20-36-38(27)32(40)33(2,3)4)17-28(26)37(25-15-13-24(35)14-16-25)29(30)19-34(5,6)41-7/h9-18,20H,8,19H2,1-7H3. The van der Waals surface area contributed by atoms with E-state index in [4.69, 9.17) is 9.47 Å². The van der Waals surface area contributed by atoms with E-state index in [0.29, 0.717) is 24.1 Å². The molecule has 0 atom stereocenters. The highest BCUT2D eigenvalue weighted by molar-refractivity contribution is 6.07. The van der Waals surface area contributed by atoms with Gasteiger partial charge in [0.1, 0.15) is 5.82 Å². The quantitative estimate of drug-likeness (QED) is 0.189. The molecule has 0 radical (unpaired) electrons. The van der Waals surface area contributed by atoms with Crippen molar-refractivity contribution >= 4 is 33.7 Å². The van der Waals surface area contributed by atoms with Crippen molar-refractivity contribution in [1.82, 2.24) is 14.3 Å². The van der Waals surface area contributed by atoms with Crippen molar-refractivity contribution in [2.75, 3.05) is 13.7 Å². The fourth-order valence-corrected chi connectivity index (χ4v) is 5.18. The third-order valence-electron chi connectivity index (χ3n) is 7.50. The van der Waals surface area contributed by atoms with E-state index in [1.807, 2.05) is 58.9 Å². The number of carbonyl (C=O) groups excluding carboxylic acids is 2. The minimum Gasteiger partial charge on any atom is -0.462 e. The first-order valence-corrected chi connectivity index (χ1v) is 14.0. The molecule has 218 valence electrons. The molecule has 0 aliphatic heterocycles. The van der Waals surface area contributed by atoms with Crippen LogP contribution in [0.1, 0.15) is 62.4 Å². The lowest BCUT2D eigenvalue weighted by Crippen LogP contribution is -2.27. The van der Waals surface area contributed by atoms with Gasteiger partial charge in [0.15, 0.2) is 0 Å². The summed E-state index contributed by atoms with van der Waals surface area (Å²) in [5, 5.41) is 6.16. The molecular formula is C34H36FN3O4. The zero-order chi connectivity index (χ0) is 30.4. The smallest absolute Gasteiger partial charge is 0.338 e. The van der Waals surface area contributed by atoms with Crippen LogP contribution in [0, 0.1) is 11.2 Å². The number of fused-ring (bicyclic) bond motifs is 2. The minimum atomic E-state index is -0.632. The average Bonchev–Trinajstić information content (AvgIpc) is 3.49. The highest BCUT2D eigenvalue weighted by Crippen LogP contribution is 2.41. The van der Waals surface area contributed by atoms with Crippen molar-refractivity contribution in [3.63, 3.8) is 0 Å². The molecule has 0 saturated heterocycles. The number of rotatable bonds is 7. The summed E-state index contributed by atoms with van der Waals surface area (Å²) < 4.78 is 28.7. The number of carbonyl (C=O) groups is 2. The number of nitrogens with zero attached hydrogens (tertiary/aromatic N) is 3. The van der Waals surface area contributed by atoms with E-state index in [2.05, 4.69) is 9.67 Å². The largest absolute Gasteiger partial charge is 0.462 e. The number of hydrogen-bond acceptors (Lipinski definition) is 5. The van der Waals surface area contributed by atoms with Gasteiger partial charge in [-0.05, 0) is 74.9 Å². The zero-order valence-corrected chi connectivity index (χ0v) is 25.1. The van der Waals surface area contributed by atoms with Crippen LogP contribution in [0.15, 0.2) is 66.9 Å². The van der Waals surface area contributed by atoms with Crippen LogP contribution in [0.25, 0.3) is 38.6 Å². The highest BCUT2D eigenvalue weighted by atomic mass is 19.1. The van der Waals surface area contributed by atoms with Crippen molar-refractivity contribution in [2.24, 2.45) is 5.41 Å². The Hall–Kier alpha value is -4.30. The van der Waals surface area contributed by atoms with Gasteiger partial charge in [-0.1, -0.05) is 32.9 Å². The molecule has 0 bridgehead atoms. The number of benzene rings is 3. The van der Waals surface area contributed by atoms with Gasteiger partial charge in [0, 0.05) is 46.7 Å². The molecule has 8 heteroatoms. The lowest BCUT2D eigenvalue weighted by molar-refractivity contribution is 0.0223. The Bertz CT molecular complexity index is 1790.